The predicted molar refractivity (Wildman–Crippen MR) is 121 cm³/mol. The highest BCUT2D eigenvalue weighted by molar-refractivity contribution is 8.05. The third-order valence-corrected chi connectivity index (χ3v) is 5.72. The summed E-state index contributed by atoms with van der Waals surface area (Å²) >= 11 is 7.51. The van der Waals surface area contributed by atoms with Crippen molar-refractivity contribution in [3.63, 3.8) is 0 Å². The van der Waals surface area contributed by atoms with Crippen molar-refractivity contribution in [3.8, 4) is 11.5 Å². The number of benzene rings is 2. The summed E-state index contributed by atoms with van der Waals surface area (Å²) in [6.45, 7) is 4.77. The van der Waals surface area contributed by atoms with Gasteiger partial charge in [-0.3, -0.25) is 4.79 Å². The summed E-state index contributed by atoms with van der Waals surface area (Å²) in [5.74, 6) is 1.25. The van der Waals surface area contributed by atoms with Crippen molar-refractivity contribution in [2.24, 2.45) is 0 Å². The van der Waals surface area contributed by atoms with Crippen LogP contribution in [0.4, 0.5) is 5.69 Å². The Morgan fingerprint density at radius 1 is 1.24 bits per heavy atom. The van der Waals surface area contributed by atoms with Crippen LogP contribution in [0.15, 0.2) is 41.3 Å². The molecule has 0 aliphatic carbocycles. The predicted octanol–water partition coefficient (Wildman–Crippen LogP) is 5.44. The Morgan fingerprint density at radius 3 is 2.83 bits per heavy atom. The number of hydrogen-bond acceptors (Lipinski definition) is 5. The highest BCUT2D eigenvalue weighted by Crippen LogP contribution is 2.34. The third kappa shape index (κ3) is 5.61. The fraction of sp³-hybridized carbons (Fsp3) is 0.318. The van der Waals surface area contributed by atoms with Gasteiger partial charge in [0.05, 0.1) is 18.6 Å². The van der Waals surface area contributed by atoms with Gasteiger partial charge in [-0.1, -0.05) is 48.8 Å². The molecule has 1 fully saturated rings. The highest BCUT2D eigenvalue weighted by Gasteiger charge is 2.27. The summed E-state index contributed by atoms with van der Waals surface area (Å²) < 4.78 is 11.2. The van der Waals surface area contributed by atoms with E-state index < -0.39 is 0 Å². The lowest BCUT2D eigenvalue weighted by molar-refractivity contribution is -0.116. The van der Waals surface area contributed by atoms with E-state index in [9.17, 15) is 4.79 Å². The molecule has 1 saturated heterocycles. The van der Waals surface area contributed by atoms with E-state index in [1.165, 1.54) is 11.8 Å². The number of carbonyl (C=O) groups excluding carboxylic acids is 1. The summed E-state index contributed by atoms with van der Waals surface area (Å²) in [7, 11) is 1.61. The van der Waals surface area contributed by atoms with Crippen molar-refractivity contribution >= 4 is 41.0 Å². The SMILES string of the molecule is CCCCOc1ccc(/C=C2\SC(Nc3cc(Cl)ccc3C)NC2=O)cc1OC. The monoisotopic (exact) mass is 432 g/mol. The molecule has 7 heteroatoms. The van der Waals surface area contributed by atoms with E-state index in [0.717, 1.165) is 29.7 Å². The highest BCUT2D eigenvalue weighted by atomic mass is 35.5. The smallest absolute Gasteiger partial charge is 0.260 e. The van der Waals surface area contributed by atoms with E-state index in [4.69, 9.17) is 21.1 Å². The van der Waals surface area contributed by atoms with Gasteiger partial charge in [0.1, 0.15) is 0 Å². The summed E-state index contributed by atoms with van der Waals surface area (Å²) in [5.41, 5.74) is 2.57. The Hall–Kier alpha value is -2.31. The summed E-state index contributed by atoms with van der Waals surface area (Å²) in [5, 5.41) is 6.91. The van der Waals surface area contributed by atoms with Gasteiger partial charge in [0.2, 0.25) is 0 Å². The van der Waals surface area contributed by atoms with E-state index in [2.05, 4.69) is 17.6 Å². The molecule has 3 rings (SSSR count). The van der Waals surface area contributed by atoms with Crippen molar-refractivity contribution in [2.45, 2.75) is 32.2 Å². The molecule has 2 aromatic rings. The van der Waals surface area contributed by atoms with E-state index in [0.29, 0.717) is 28.0 Å². The average Bonchev–Trinajstić information content (AvgIpc) is 3.04. The van der Waals surface area contributed by atoms with E-state index in [-0.39, 0.29) is 11.4 Å². The van der Waals surface area contributed by atoms with Gasteiger partial charge >= 0.3 is 0 Å². The van der Waals surface area contributed by atoms with Gasteiger partial charge < -0.3 is 20.1 Å². The number of thioether (sulfide) groups is 1. The molecule has 1 heterocycles. The van der Waals surface area contributed by atoms with E-state index in [1.807, 2.05) is 49.4 Å². The third-order valence-electron chi connectivity index (χ3n) is 4.46. The fourth-order valence-corrected chi connectivity index (χ4v) is 3.98. The molecule has 2 N–H and O–H groups in total. The van der Waals surface area contributed by atoms with Gasteiger partial charge in [-0.05, 0) is 54.8 Å². The van der Waals surface area contributed by atoms with Crippen molar-refractivity contribution in [1.29, 1.82) is 0 Å². The normalized spacial score (nSPS) is 17.3. The Morgan fingerprint density at radius 2 is 2.07 bits per heavy atom. The second kappa shape index (κ2) is 9.94. The number of hydrogen-bond donors (Lipinski definition) is 2. The number of halogens is 1. The van der Waals surface area contributed by atoms with Crippen LogP contribution >= 0.6 is 23.4 Å². The van der Waals surface area contributed by atoms with Gasteiger partial charge in [0.25, 0.3) is 5.91 Å². The summed E-state index contributed by atoms with van der Waals surface area (Å²) in [6, 6.07) is 11.3. The molecule has 0 spiro atoms. The number of ether oxygens (including phenoxy) is 2. The molecule has 154 valence electrons. The fourth-order valence-electron chi connectivity index (χ4n) is 2.83. The first-order valence-corrected chi connectivity index (χ1v) is 10.8. The van der Waals surface area contributed by atoms with E-state index in [1.54, 1.807) is 7.11 Å². The van der Waals surface area contributed by atoms with Crippen LogP contribution in [0.5, 0.6) is 11.5 Å². The molecular weight excluding hydrogens is 408 g/mol. The van der Waals surface area contributed by atoms with Gasteiger partial charge in [0, 0.05) is 10.7 Å². The minimum Gasteiger partial charge on any atom is -0.493 e. The number of carbonyl (C=O) groups is 1. The Kier molecular flexibility index (Phi) is 7.34. The molecule has 1 amide bonds. The maximum absolute atomic E-state index is 12.4. The molecule has 0 saturated carbocycles. The van der Waals surface area contributed by atoms with Crippen molar-refractivity contribution < 1.29 is 14.3 Å². The van der Waals surface area contributed by atoms with Gasteiger partial charge in [-0.2, -0.15) is 0 Å². The molecule has 2 aromatic carbocycles. The van der Waals surface area contributed by atoms with Crippen LogP contribution in [-0.2, 0) is 4.79 Å². The zero-order valence-corrected chi connectivity index (χ0v) is 18.3. The van der Waals surface area contributed by atoms with Crippen molar-refractivity contribution in [2.75, 3.05) is 19.0 Å². The van der Waals surface area contributed by atoms with Crippen LogP contribution in [-0.4, -0.2) is 25.1 Å². The molecule has 0 bridgehead atoms. The standard InChI is InChI=1S/C22H25ClN2O3S/c1-4-5-10-28-18-9-7-15(11-19(18)27-3)12-20-21(26)25-22(29-20)24-17-13-16(23)8-6-14(17)2/h6-9,11-13,22,24H,4-5,10H2,1-3H3,(H,25,26)/b20-12-. The second-order valence-electron chi connectivity index (χ2n) is 6.70. The Bertz CT molecular complexity index is 917. The van der Waals surface area contributed by atoms with Crippen molar-refractivity contribution in [1.82, 2.24) is 5.32 Å². The quantitative estimate of drug-likeness (QED) is 0.430. The van der Waals surface area contributed by atoms with Gasteiger partial charge in [-0.15, -0.1) is 0 Å². The Labute approximate surface area is 180 Å². The van der Waals surface area contributed by atoms with Crippen LogP contribution in [0.2, 0.25) is 5.02 Å². The van der Waals surface area contributed by atoms with Gasteiger partial charge in [-0.25, -0.2) is 0 Å². The number of anilines is 1. The van der Waals surface area contributed by atoms with Crippen LogP contribution in [0.25, 0.3) is 6.08 Å². The van der Waals surface area contributed by atoms with Gasteiger partial charge in [0.15, 0.2) is 17.0 Å². The lowest BCUT2D eigenvalue weighted by atomic mass is 10.2. The molecule has 1 atom stereocenters. The summed E-state index contributed by atoms with van der Waals surface area (Å²) in [4.78, 5) is 13.0. The number of rotatable bonds is 8. The lowest BCUT2D eigenvalue weighted by Gasteiger charge is -2.15. The van der Waals surface area contributed by atoms with Crippen molar-refractivity contribution in [3.05, 3.63) is 57.5 Å². The molecule has 1 unspecified atom stereocenters. The van der Waals surface area contributed by atoms with Crippen LogP contribution < -0.4 is 20.1 Å². The van der Waals surface area contributed by atoms with E-state index >= 15 is 0 Å². The minimum absolute atomic E-state index is 0.116. The zero-order valence-electron chi connectivity index (χ0n) is 16.8. The first-order chi connectivity index (χ1) is 14.0. The first-order valence-electron chi connectivity index (χ1n) is 9.53. The Balaban J connectivity index is 1.71. The minimum atomic E-state index is -0.260. The topological polar surface area (TPSA) is 59.6 Å². The molecule has 29 heavy (non-hydrogen) atoms. The molecule has 5 nitrogen and oxygen atoms in total. The lowest BCUT2D eigenvalue weighted by Crippen LogP contribution is -2.31. The molecular formula is C22H25ClN2O3S. The summed E-state index contributed by atoms with van der Waals surface area (Å²) in [6.07, 6.45) is 3.92. The average molecular weight is 433 g/mol. The molecule has 1 aliphatic rings. The number of nitrogens with one attached hydrogen (secondary N) is 2. The second-order valence-corrected chi connectivity index (χ2v) is 8.28. The number of aryl methyl sites for hydroxylation is 1. The largest absolute Gasteiger partial charge is 0.493 e. The van der Waals surface area contributed by atoms with Crippen LogP contribution in [0.3, 0.4) is 0 Å². The molecule has 1 aliphatic heterocycles. The first kappa shape index (κ1) is 21.4. The zero-order chi connectivity index (χ0) is 20.8. The maximum Gasteiger partial charge on any atom is 0.260 e. The van der Waals surface area contributed by atoms with Crippen LogP contribution in [0.1, 0.15) is 30.9 Å². The number of unbranched alkanes of at least 4 members (excludes halogenated alkanes) is 1. The molecule has 0 aromatic heterocycles. The molecule has 0 radical (unpaired) electrons. The maximum atomic E-state index is 12.4. The number of methoxy groups -OCH3 is 1. The number of amides is 1. The van der Waals surface area contributed by atoms with Crippen LogP contribution in [0, 0.1) is 6.92 Å².